The fraction of sp³-hybridized carbons (Fsp3) is 0.222. The maximum Gasteiger partial charge on any atom is 0.300 e. The number of hydrogen-bond acceptors (Lipinski definition) is 1. The maximum atomic E-state index is 8.64. The van der Waals surface area contributed by atoms with Crippen LogP contribution in [0, 0.1) is 0 Å². The molecule has 2 N–H and O–H groups in total. The second-order valence-electron chi connectivity index (χ2n) is 2.45. The van der Waals surface area contributed by atoms with E-state index >= 15 is 0 Å². The third-order valence-electron chi connectivity index (χ3n) is 1.61. The lowest BCUT2D eigenvalue weighted by Gasteiger charge is -1.92. The highest BCUT2D eigenvalue weighted by atomic mass is 14.9. The topological polar surface area (TPSA) is 62.4 Å². The number of rotatable bonds is 3. The summed E-state index contributed by atoms with van der Waals surface area (Å²) in [7, 11) is 0. The van der Waals surface area contributed by atoms with E-state index in [9.17, 15) is 0 Å². The highest BCUT2D eigenvalue weighted by Gasteiger charge is 2.08. The number of nitrogens with zero attached hydrogens (tertiary/aromatic N) is 2. The van der Waals surface area contributed by atoms with E-state index in [4.69, 9.17) is 11.3 Å². The summed E-state index contributed by atoms with van der Waals surface area (Å²) in [4.78, 5) is 3.18. The first-order chi connectivity index (χ1) is 5.88. The Morgan fingerprint density at radius 3 is 2.50 bits per heavy atom. The van der Waals surface area contributed by atoms with Gasteiger partial charge in [-0.05, 0) is 12.1 Å². The molecule has 12 heavy (non-hydrogen) atoms. The predicted molar refractivity (Wildman–Crippen MR) is 47.8 cm³/mol. The number of nitrogens with two attached hydrogens (primary N) is 1. The van der Waals surface area contributed by atoms with Gasteiger partial charge in [0, 0.05) is 6.54 Å². The molecule has 0 aliphatic rings. The molecule has 62 valence electrons. The molecule has 0 unspecified atom stereocenters. The molecule has 3 heteroatoms. The molecule has 0 atom stereocenters. The van der Waals surface area contributed by atoms with Crippen LogP contribution >= 0.6 is 0 Å². The van der Waals surface area contributed by atoms with Gasteiger partial charge in [0.1, 0.15) is 0 Å². The minimum atomic E-state index is 0.494. The maximum absolute atomic E-state index is 8.64. The Labute approximate surface area is 71.4 Å². The molecule has 0 aliphatic carbocycles. The van der Waals surface area contributed by atoms with Crippen molar-refractivity contribution in [2.75, 3.05) is 6.54 Å². The Balaban J connectivity index is 2.89. The Kier molecular flexibility index (Phi) is 3.20. The average Bonchev–Trinajstić information content (AvgIpc) is 2.15. The zero-order valence-corrected chi connectivity index (χ0v) is 6.77. The van der Waals surface area contributed by atoms with Crippen LogP contribution in [0.1, 0.15) is 12.0 Å². The van der Waals surface area contributed by atoms with Gasteiger partial charge in [-0.25, -0.2) is 0 Å². The Hall–Kier alpha value is -1.44. The Morgan fingerprint density at radius 1 is 1.33 bits per heavy atom. The van der Waals surface area contributed by atoms with Crippen LogP contribution in [0.5, 0.6) is 0 Å². The third kappa shape index (κ3) is 2.02. The summed E-state index contributed by atoms with van der Waals surface area (Å²) in [6.07, 6.45) is 0.598. The van der Waals surface area contributed by atoms with Gasteiger partial charge in [0.2, 0.25) is 0 Å². The van der Waals surface area contributed by atoms with Gasteiger partial charge in [0.25, 0.3) is 5.71 Å². The second-order valence-corrected chi connectivity index (χ2v) is 2.45. The molecule has 0 saturated carbocycles. The monoisotopic (exact) mass is 161 g/mol. The molecular weight excluding hydrogens is 150 g/mol. The second kappa shape index (κ2) is 4.44. The average molecular weight is 161 g/mol. The van der Waals surface area contributed by atoms with Crippen LogP contribution in [0.3, 0.4) is 0 Å². The molecule has 1 aromatic rings. The first-order valence-electron chi connectivity index (χ1n) is 3.85. The van der Waals surface area contributed by atoms with E-state index in [1.54, 1.807) is 0 Å². The summed E-state index contributed by atoms with van der Waals surface area (Å²) >= 11 is 0. The van der Waals surface area contributed by atoms with Crippen molar-refractivity contribution in [3.63, 3.8) is 0 Å². The van der Waals surface area contributed by atoms with Crippen molar-refractivity contribution in [3.8, 4) is 0 Å². The first-order valence-corrected chi connectivity index (χ1v) is 3.85. The minimum Gasteiger partial charge on any atom is -0.361 e. The molecule has 1 rings (SSSR count). The van der Waals surface area contributed by atoms with Crippen molar-refractivity contribution >= 4 is 5.71 Å². The SMILES string of the molecule is [N-]=[N+]=C(CCN)c1ccccc1. The standard InChI is InChI=1S/C9H11N3/c10-7-6-9(12-11)8-4-2-1-3-5-8/h1-5H,6-7,10H2. The normalized spacial score (nSPS) is 9.08. The molecule has 0 radical (unpaired) electrons. The van der Waals surface area contributed by atoms with Gasteiger partial charge >= 0.3 is 0 Å². The van der Waals surface area contributed by atoms with E-state index in [2.05, 4.69) is 4.79 Å². The summed E-state index contributed by atoms with van der Waals surface area (Å²) in [6.45, 7) is 0.494. The first kappa shape index (κ1) is 8.65. The van der Waals surface area contributed by atoms with E-state index in [1.807, 2.05) is 30.3 Å². The summed E-state index contributed by atoms with van der Waals surface area (Å²) in [5.41, 5.74) is 15.6. The van der Waals surface area contributed by atoms with Crippen molar-refractivity contribution in [2.45, 2.75) is 6.42 Å². The van der Waals surface area contributed by atoms with E-state index in [-0.39, 0.29) is 0 Å². The number of benzene rings is 1. The van der Waals surface area contributed by atoms with Gasteiger partial charge in [-0.15, -0.1) is 0 Å². The van der Waals surface area contributed by atoms with Gasteiger partial charge in [-0.2, -0.15) is 4.79 Å². The summed E-state index contributed by atoms with van der Waals surface area (Å²) < 4.78 is 0. The van der Waals surface area contributed by atoms with Crippen LogP contribution in [-0.2, 0) is 0 Å². The van der Waals surface area contributed by atoms with Crippen LogP contribution in [0.2, 0.25) is 0 Å². The van der Waals surface area contributed by atoms with E-state index < -0.39 is 0 Å². The highest BCUT2D eigenvalue weighted by molar-refractivity contribution is 5.96. The molecule has 0 aliphatic heterocycles. The minimum absolute atomic E-state index is 0.494. The smallest absolute Gasteiger partial charge is 0.300 e. The molecule has 0 saturated heterocycles. The number of hydrogen-bond donors (Lipinski definition) is 1. The molecule has 3 nitrogen and oxygen atoms in total. The Bertz CT molecular complexity index is 286. The van der Waals surface area contributed by atoms with E-state index in [0.29, 0.717) is 18.7 Å². The largest absolute Gasteiger partial charge is 0.361 e. The quantitative estimate of drug-likeness (QED) is 0.402. The van der Waals surface area contributed by atoms with Crippen LogP contribution < -0.4 is 5.73 Å². The molecular formula is C9H11N3. The summed E-state index contributed by atoms with van der Waals surface area (Å²) in [5, 5.41) is 0. The highest BCUT2D eigenvalue weighted by Crippen LogP contribution is 2.00. The van der Waals surface area contributed by atoms with E-state index in [1.165, 1.54) is 0 Å². The molecule has 0 amide bonds. The lowest BCUT2D eigenvalue weighted by Crippen LogP contribution is -2.09. The van der Waals surface area contributed by atoms with Crippen molar-refractivity contribution in [2.24, 2.45) is 5.73 Å². The van der Waals surface area contributed by atoms with Gasteiger partial charge in [0.15, 0.2) is 0 Å². The van der Waals surface area contributed by atoms with Crippen LogP contribution in [0.25, 0.3) is 5.53 Å². The van der Waals surface area contributed by atoms with Gasteiger partial charge in [-0.1, -0.05) is 18.2 Å². The molecule has 1 aromatic carbocycles. The van der Waals surface area contributed by atoms with Crippen molar-refractivity contribution in [1.82, 2.24) is 0 Å². The molecule has 0 fully saturated rings. The van der Waals surface area contributed by atoms with Gasteiger partial charge in [-0.3, -0.25) is 0 Å². The zero-order valence-electron chi connectivity index (χ0n) is 6.77. The fourth-order valence-corrected chi connectivity index (χ4v) is 1.02. The van der Waals surface area contributed by atoms with Crippen molar-refractivity contribution < 1.29 is 4.79 Å². The van der Waals surface area contributed by atoms with E-state index in [0.717, 1.165) is 5.56 Å². The lowest BCUT2D eigenvalue weighted by molar-refractivity contribution is -0.00671. The van der Waals surface area contributed by atoms with Crippen LogP contribution in [0.15, 0.2) is 30.3 Å². The zero-order chi connectivity index (χ0) is 8.81. The molecule has 0 bridgehead atoms. The molecule has 0 spiro atoms. The van der Waals surface area contributed by atoms with Gasteiger partial charge < -0.3 is 11.3 Å². The third-order valence-corrected chi connectivity index (χ3v) is 1.61. The van der Waals surface area contributed by atoms with Crippen molar-refractivity contribution in [1.29, 1.82) is 0 Å². The van der Waals surface area contributed by atoms with Crippen LogP contribution in [0.4, 0.5) is 0 Å². The fourth-order valence-electron chi connectivity index (χ4n) is 1.02. The lowest BCUT2D eigenvalue weighted by atomic mass is 10.1. The van der Waals surface area contributed by atoms with Gasteiger partial charge in [0.05, 0.1) is 12.0 Å². The van der Waals surface area contributed by atoms with Crippen LogP contribution in [-0.4, -0.2) is 17.0 Å². The molecule has 0 heterocycles. The predicted octanol–water partition coefficient (Wildman–Crippen LogP) is 1.05. The summed E-state index contributed by atoms with van der Waals surface area (Å²) in [6, 6.07) is 9.50. The molecule has 0 aromatic heterocycles. The Morgan fingerprint density at radius 2 is 2.00 bits per heavy atom. The summed E-state index contributed by atoms with van der Waals surface area (Å²) in [5.74, 6) is 0. The van der Waals surface area contributed by atoms with Crippen molar-refractivity contribution in [3.05, 3.63) is 41.4 Å².